The van der Waals surface area contributed by atoms with Crippen LogP contribution in [0.5, 0.6) is 5.75 Å². The Morgan fingerprint density at radius 3 is 2.47 bits per heavy atom. The molecule has 1 aliphatic rings. The Balaban J connectivity index is 1.97. The van der Waals surface area contributed by atoms with Crippen molar-refractivity contribution in [2.24, 2.45) is 0 Å². The van der Waals surface area contributed by atoms with E-state index in [9.17, 15) is 14.7 Å². The summed E-state index contributed by atoms with van der Waals surface area (Å²) < 4.78 is 5.39. The number of anilines is 1. The summed E-state index contributed by atoms with van der Waals surface area (Å²) in [6.07, 6.45) is 0. The van der Waals surface area contributed by atoms with Crippen LogP contribution in [0, 0.1) is 13.8 Å². The largest absolute Gasteiger partial charge is 0.507 e. The standard InChI is InChI=1S/C24H21NO4S/c1-14-6-4-7-16(12-14)25-21(19-8-5-11-30-19)20(23(27)24(25)28)22(26)17-13-15(2)9-10-18(17)29-3/h4-13,21,26H,1-3H3/b22-20-. The normalized spacial score (nSPS) is 18.1. The summed E-state index contributed by atoms with van der Waals surface area (Å²) in [5, 5.41) is 13.1. The minimum absolute atomic E-state index is 0.0628. The van der Waals surface area contributed by atoms with Gasteiger partial charge >= 0.3 is 0 Å². The molecule has 3 aromatic rings. The highest BCUT2D eigenvalue weighted by Gasteiger charge is 2.47. The Bertz CT molecular complexity index is 1160. The molecule has 1 unspecified atom stereocenters. The molecule has 1 fully saturated rings. The fourth-order valence-corrected chi connectivity index (χ4v) is 4.57. The van der Waals surface area contributed by atoms with Gasteiger partial charge in [0, 0.05) is 10.6 Å². The van der Waals surface area contributed by atoms with Gasteiger partial charge in [0.15, 0.2) is 0 Å². The number of hydrogen-bond donors (Lipinski definition) is 1. The number of Topliss-reactive ketones (excluding diaryl/α,β-unsaturated/α-hetero) is 1. The summed E-state index contributed by atoms with van der Waals surface area (Å²) in [5.41, 5.74) is 2.94. The third kappa shape index (κ3) is 3.29. The zero-order valence-electron chi connectivity index (χ0n) is 16.9. The lowest BCUT2D eigenvalue weighted by molar-refractivity contribution is -0.132. The second-order valence-corrected chi connectivity index (χ2v) is 8.21. The summed E-state index contributed by atoms with van der Waals surface area (Å²) >= 11 is 1.43. The molecule has 2 aromatic carbocycles. The number of thiophene rings is 1. The van der Waals surface area contributed by atoms with Gasteiger partial charge in [-0.15, -0.1) is 11.3 Å². The van der Waals surface area contributed by atoms with Gasteiger partial charge < -0.3 is 9.84 Å². The summed E-state index contributed by atoms with van der Waals surface area (Å²) in [5.74, 6) is -1.17. The van der Waals surface area contributed by atoms with E-state index in [1.165, 1.54) is 23.3 Å². The number of carbonyl (C=O) groups excluding carboxylic acids is 2. The fourth-order valence-electron chi connectivity index (χ4n) is 3.74. The van der Waals surface area contributed by atoms with Crippen molar-refractivity contribution in [2.45, 2.75) is 19.9 Å². The molecule has 152 valence electrons. The van der Waals surface area contributed by atoms with Crippen LogP contribution in [0.1, 0.15) is 27.6 Å². The molecular weight excluding hydrogens is 398 g/mol. The first kappa shape index (κ1) is 19.9. The van der Waals surface area contributed by atoms with Gasteiger partial charge in [-0.25, -0.2) is 0 Å². The predicted octanol–water partition coefficient (Wildman–Crippen LogP) is 5.00. The molecule has 0 radical (unpaired) electrons. The van der Waals surface area contributed by atoms with Crippen LogP contribution in [0.25, 0.3) is 5.76 Å². The second-order valence-electron chi connectivity index (χ2n) is 7.23. The number of aliphatic hydroxyl groups is 1. The Labute approximate surface area is 178 Å². The fraction of sp³-hybridized carbons (Fsp3) is 0.167. The highest BCUT2D eigenvalue weighted by atomic mass is 32.1. The van der Waals surface area contributed by atoms with Crippen molar-refractivity contribution in [3.8, 4) is 5.75 Å². The van der Waals surface area contributed by atoms with Gasteiger partial charge in [-0.1, -0.05) is 29.8 Å². The Hall–Kier alpha value is -3.38. The number of hydrogen-bond acceptors (Lipinski definition) is 5. The summed E-state index contributed by atoms with van der Waals surface area (Å²) in [6.45, 7) is 3.82. The average Bonchev–Trinajstić information content (AvgIpc) is 3.34. The minimum atomic E-state index is -0.712. The zero-order chi connectivity index (χ0) is 21.4. The van der Waals surface area contributed by atoms with Gasteiger partial charge in [0.25, 0.3) is 11.7 Å². The Morgan fingerprint density at radius 1 is 1.03 bits per heavy atom. The first-order valence-electron chi connectivity index (χ1n) is 9.48. The number of aliphatic hydroxyl groups excluding tert-OH is 1. The van der Waals surface area contributed by atoms with Gasteiger partial charge in [-0.05, 0) is 55.1 Å². The van der Waals surface area contributed by atoms with Gasteiger partial charge in [0.2, 0.25) is 0 Å². The van der Waals surface area contributed by atoms with Crippen molar-refractivity contribution in [3.05, 3.63) is 87.1 Å². The lowest BCUT2D eigenvalue weighted by Crippen LogP contribution is -2.29. The molecule has 1 saturated heterocycles. The van der Waals surface area contributed by atoms with Gasteiger partial charge in [-0.3, -0.25) is 14.5 Å². The topological polar surface area (TPSA) is 66.8 Å². The van der Waals surface area contributed by atoms with Crippen molar-refractivity contribution >= 4 is 34.5 Å². The van der Waals surface area contributed by atoms with E-state index in [0.29, 0.717) is 17.0 Å². The molecule has 1 amide bonds. The molecule has 0 bridgehead atoms. The number of carbonyl (C=O) groups is 2. The maximum Gasteiger partial charge on any atom is 0.300 e. The third-order valence-electron chi connectivity index (χ3n) is 5.15. The number of ketones is 1. The summed E-state index contributed by atoms with van der Waals surface area (Å²) in [6, 6.07) is 15.8. The summed E-state index contributed by atoms with van der Waals surface area (Å²) in [7, 11) is 1.50. The number of amides is 1. The van der Waals surface area contributed by atoms with E-state index >= 15 is 0 Å². The van der Waals surface area contributed by atoms with E-state index in [1.807, 2.05) is 55.6 Å². The number of nitrogens with zero attached hydrogens (tertiary/aromatic N) is 1. The average molecular weight is 420 g/mol. The monoisotopic (exact) mass is 419 g/mol. The van der Waals surface area contributed by atoms with E-state index in [1.54, 1.807) is 18.2 Å². The molecule has 0 spiro atoms. The molecule has 1 atom stereocenters. The minimum Gasteiger partial charge on any atom is -0.507 e. The number of rotatable bonds is 4. The van der Waals surface area contributed by atoms with E-state index in [4.69, 9.17) is 4.74 Å². The molecule has 0 saturated carbocycles. The molecule has 1 N–H and O–H groups in total. The quantitative estimate of drug-likeness (QED) is 0.367. The van der Waals surface area contributed by atoms with Crippen LogP contribution in [0.15, 0.2) is 65.6 Å². The van der Waals surface area contributed by atoms with Crippen LogP contribution in [-0.4, -0.2) is 23.9 Å². The van der Waals surface area contributed by atoms with Crippen molar-refractivity contribution in [3.63, 3.8) is 0 Å². The lowest BCUT2D eigenvalue weighted by Gasteiger charge is -2.24. The molecule has 1 aromatic heterocycles. The molecule has 30 heavy (non-hydrogen) atoms. The SMILES string of the molecule is COc1ccc(C)cc1/C(O)=C1/C(=O)C(=O)N(c2cccc(C)c2)C1c1cccs1. The molecule has 4 rings (SSSR count). The highest BCUT2D eigenvalue weighted by Crippen LogP contribution is 2.44. The van der Waals surface area contributed by atoms with Gasteiger partial charge in [-0.2, -0.15) is 0 Å². The number of methoxy groups -OCH3 is 1. The van der Waals surface area contributed by atoms with E-state index < -0.39 is 17.7 Å². The van der Waals surface area contributed by atoms with Crippen LogP contribution in [0.2, 0.25) is 0 Å². The van der Waals surface area contributed by atoms with Crippen LogP contribution in [0.3, 0.4) is 0 Å². The lowest BCUT2D eigenvalue weighted by atomic mass is 9.98. The molecule has 5 nitrogen and oxygen atoms in total. The number of ether oxygens (including phenoxy) is 1. The molecule has 0 aliphatic carbocycles. The second kappa shape index (κ2) is 7.80. The maximum absolute atomic E-state index is 13.1. The summed E-state index contributed by atoms with van der Waals surface area (Å²) in [4.78, 5) is 28.5. The number of aryl methyl sites for hydroxylation is 2. The maximum atomic E-state index is 13.1. The van der Waals surface area contributed by atoms with Gasteiger partial charge in [0.1, 0.15) is 17.6 Å². The smallest absolute Gasteiger partial charge is 0.300 e. The van der Waals surface area contributed by atoms with Crippen LogP contribution in [-0.2, 0) is 9.59 Å². The van der Waals surface area contributed by atoms with E-state index in [0.717, 1.165) is 16.0 Å². The number of benzene rings is 2. The van der Waals surface area contributed by atoms with Crippen molar-refractivity contribution in [1.29, 1.82) is 0 Å². The van der Waals surface area contributed by atoms with E-state index in [2.05, 4.69) is 0 Å². The Morgan fingerprint density at radius 2 is 1.80 bits per heavy atom. The molecule has 6 heteroatoms. The van der Waals surface area contributed by atoms with Crippen LogP contribution < -0.4 is 9.64 Å². The van der Waals surface area contributed by atoms with Crippen molar-refractivity contribution in [1.82, 2.24) is 0 Å². The van der Waals surface area contributed by atoms with E-state index in [-0.39, 0.29) is 11.3 Å². The molecule has 2 heterocycles. The Kier molecular flexibility index (Phi) is 5.18. The highest BCUT2D eigenvalue weighted by molar-refractivity contribution is 7.10. The molecular formula is C24H21NO4S. The van der Waals surface area contributed by atoms with Crippen LogP contribution >= 0.6 is 11.3 Å². The van der Waals surface area contributed by atoms with Crippen LogP contribution in [0.4, 0.5) is 5.69 Å². The zero-order valence-corrected chi connectivity index (χ0v) is 17.7. The van der Waals surface area contributed by atoms with Crippen molar-refractivity contribution in [2.75, 3.05) is 12.0 Å². The van der Waals surface area contributed by atoms with Gasteiger partial charge in [0.05, 0.1) is 18.2 Å². The predicted molar refractivity (Wildman–Crippen MR) is 118 cm³/mol. The van der Waals surface area contributed by atoms with Crippen molar-refractivity contribution < 1.29 is 19.4 Å². The first-order chi connectivity index (χ1) is 14.4. The molecule has 1 aliphatic heterocycles. The first-order valence-corrected chi connectivity index (χ1v) is 10.4. The third-order valence-corrected chi connectivity index (χ3v) is 6.07.